The van der Waals surface area contributed by atoms with Gasteiger partial charge in [0.2, 0.25) is 0 Å². The highest BCUT2D eigenvalue weighted by Gasteiger charge is 2.30. The van der Waals surface area contributed by atoms with Crippen molar-refractivity contribution < 1.29 is 9.90 Å². The average Bonchev–Trinajstić information content (AvgIpc) is 3.12. The maximum atomic E-state index is 10.8. The van der Waals surface area contributed by atoms with E-state index >= 15 is 0 Å². The number of aromatic nitrogens is 3. The zero-order valence-electron chi connectivity index (χ0n) is 12.4. The minimum atomic E-state index is -0.845. The molecule has 0 aliphatic rings. The molecule has 21 heavy (non-hydrogen) atoms. The molecule has 0 unspecified atom stereocenters. The molecule has 0 saturated heterocycles. The van der Waals surface area contributed by atoms with Gasteiger partial charge in [0.25, 0.3) is 0 Å². The molecule has 0 aliphatic carbocycles. The summed E-state index contributed by atoms with van der Waals surface area (Å²) in [5.74, 6) is -0.0301. The molecule has 0 atom stereocenters. The van der Waals surface area contributed by atoms with E-state index in [9.17, 15) is 4.79 Å². The van der Waals surface area contributed by atoms with Gasteiger partial charge in [-0.05, 0) is 31.2 Å². The second-order valence-electron chi connectivity index (χ2n) is 5.01. The number of rotatable bonds is 7. The molecule has 114 valence electrons. The molecule has 0 bridgehead atoms. The Morgan fingerprint density at radius 2 is 2.14 bits per heavy atom. The number of thiophene rings is 1. The Bertz CT molecular complexity index is 604. The van der Waals surface area contributed by atoms with Gasteiger partial charge in [0.15, 0.2) is 11.0 Å². The Labute approximate surface area is 132 Å². The summed E-state index contributed by atoms with van der Waals surface area (Å²) in [6.45, 7) is 6.43. The number of carbonyl (C=O) groups is 1. The van der Waals surface area contributed by atoms with Gasteiger partial charge in [-0.1, -0.05) is 31.7 Å². The minimum Gasteiger partial charge on any atom is -0.481 e. The lowest BCUT2D eigenvalue weighted by atomic mass is 9.95. The molecule has 2 rings (SSSR count). The number of hydrogen-bond donors (Lipinski definition) is 1. The van der Waals surface area contributed by atoms with Crippen LogP contribution < -0.4 is 0 Å². The summed E-state index contributed by atoms with van der Waals surface area (Å²) in [5, 5.41) is 20.1. The Morgan fingerprint density at radius 1 is 1.43 bits per heavy atom. The standard InChI is InChI=1S/C14H19N3O2S2/c1-4-14(3,5-2)17-12(10-7-6-8-20-10)15-16-13(17)21-9-11(18)19/h6-8H,4-5,9H2,1-3H3,(H,18,19). The second-order valence-corrected chi connectivity index (χ2v) is 6.90. The van der Waals surface area contributed by atoms with Crippen LogP contribution in [-0.2, 0) is 10.3 Å². The molecule has 0 spiro atoms. The Morgan fingerprint density at radius 3 is 2.67 bits per heavy atom. The van der Waals surface area contributed by atoms with Crippen LogP contribution in [0.25, 0.3) is 10.7 Å². The first-order valence-corrected chi connectivity index (χ1v) is 8.72. The van der Waals surface area contributed by atoms with Crippen LogP contribution >= 0.6 is 23.1 Å². The van der Waals surface area contributed by atoms with E-state index in [4.69, 9.17) is 5.11 Å². The van der Waals surface area contributed by atoms with E-state index in [2.05, 4.69) is 35.5 Å². The molecule has 0 saturated carbocycles. The monoisotopic (exact) mass is 325 g/mol. The van der Waals surface area contributed by atoms with Crippen LogP contribution in [0.2, 0.25) is 0 Å². The summed E-state index contributed by atoms with van der Waals surface area (Å²) in [5.41, 5.74) is -0.121. The quantitative estimate of drug-likeness (QED) is 0.786. The van der Waals surface area contributed by atoms with E-state index in [0.717, 1.165) is 23.5 Å². The van der Waals surface area contributed by atoms with Crippen molar-refractivity contribution in [1.29, 1.82) is 0 Å². The first-order chi connectivity index (χ1) is 10.0. The number of thioether (sulfide) groups is 1. The van der Waals surface area contributed by atoms with Crippen LogP contribution in [0.5, 0.6) is 0 Å². The van der Waals surface area contributed by atoms with Crippen molar-refractivity contribution in [2.75, 3.05) is 5.75 Å². The predicted octanol–water partition coefficient (Wildman–Crippen LogP) is 3.72. The Balaban J connectivity index is 2.50. The maximum absolute atomic E-state index is 10.8. The van der Waals surface area contributed by atoms with Crippen LogP contribution in [0.1, 0.15) is 33.6 Å². The van der Waals surface area contributed by atoms with Gasteiger partial charge in [0.1, 0.15) is 0 Å². The van der Waals surface area contributed by atoms with Gasteiger partial charge in [0.05, 0.1) is 10.6 Å². The van der Waals surface area contributed by atoms with E-state index in [-0.39, 0.29) is 11.3 Å². The molecule has 2 aromatic heterocycles. The van der Waals surface area contributed by atoms with Crippen molar-refractivity contribution in [2.45, 2.75) is 44.3 Å². The number of hydrogen-bond acceptors (Lipinski definition) is 5. The molecule has 0 aliphatic heterocycles. The summed E-state index contributed by atoms with van der Waals surface area (Å²) >= 11 is 2.84. The van der Waals surface area contributed by atoms with Crippen LogP contribution in [0.3, 0.4) is 0 Å². The summed E-state index contributed by atoms with van der Waals surface area (Å²) in [4.78, 5) is 11.9. The predicted molar refractivity (Wildman–Crippen MR) is 85.9 cm³/mol. The number of nitrogens with zero attached hydrogens (tertiary/aromatic N) is 3. The van der Waals surface area contributed by atoms with E-state index in [0.29, 0.717) is 5.16 Å². The topological polar surface area (TPSA) is 68.0 Å². The first kappa shape index (κ1) is 16.0. The van der Waals surface area contributed by atoms with Gasteiger partial charge >= 0.3 is 5.97 Å². The number of aliphatic carboxylic acids is 1. The summed E-state index contributed by atoms with van der Waals surface area (Å²) < 4.78 is 2.10. The summed E-state index contributed by atoms with van der Waals surface area (Å²) in [7, 11) is 0. The van der Waals surface area contributed by atoms with Crippen molar-refractivity contribution in [3.63, 3.8) is 0 Å². The van der Waals surface area contributed by atoms with Gasteiger partial charge in [-0.3, -0.25) is 9.36 Å². The van der Waals surface area contributed by atoms with Crippen molar-refractivity contribution in [1.82, 2.24) is 14.8 Å². The molecule has 7 heteroatoms. The van der Waals surface area contributed by atoms with Crippen molar-refractivity contribution in [3.8, 4) is 10.7 Å². The second kappa shape index (κ2) is 6.62. The molecule has 5 nitrogen and oxygen atoms in total. The third-order valence-electron chi connectivity index (χ3n) is 3.76. The fourth-order valence-corrected chi connectivity index (χ4v) is 3.59. The smallest absolute Gasteiger partial charge is 0.313 e. The third kappa shape index (κ3) is 3.29. The lowest BCUT2D eigenvalue weighted by molar-refractivity contribution is -0.133. The third-order valence-corrected chi connectivity index (χ3v) is 5.54. The SMILES string of the molecule is CCC(C)(CC)n1c(SCC(=O)O)nnc1-c1cccs1. The van der Waals surface area contributed by atoms with E-state index in [1.807, 2.05) is 17.5 Å². The van der Waals surface area contributed by atoms with E-state index < -0.39 is 5.97 Å². The van der Waals surface area contributed by atoms with Gasteiger partial charge in [-0.25, -0.2) is 0 Å². The molecule has 2 aromatic rings. The highest BCUT2D eigenvalue weighted by Crippen LogP contribution is 2.36. The number of carboxylic acid groups (broad SMARTS) is 1. The van der Waals surface area contributed by atoms with Crippen LogP contribution in [0, 0.1) is 0 Å². The highest BCUT2D eigenvalue weighted by atomic mass is 32.2. The molecular weight excluding hydrogens is 306 g/mol. The Hall–Kier alpha value is -1.34. The molecule has 1 N–H and O–H groups in total. The summed E-state index contributed by atoms with van der Waals surface area (Å²) in [6, 6.07) is 4.00. The molecule has 0 aromatic carbocycles. The van der Waals surface area contributed by atoms with Gasteiger partial charge in [-0.15, -0.1) is 21.5 Å². The number of carboxylic acids is 1. The molecule has 2 heterocycles. The van der Waals surface area contributed by atoms with Crippen LogP contribution in [0.4, 0.5) is 0 Å². The average molecular weight is 325 g/mol. The molecular formula is C14H19N3O2S2. The van der Waals surface area contributed by atoms with E-state index in [1.54, 1.807) is 11.3 Å². The van der Waals surface area contributed by atoms with Crippen molar-refractivity contribution in [2.24, 2.45) is 0 Å². The lowest BCUT2D eigenvalue weighted by Gasteiger charge is -2.31. The van der Waals surface area contributed by atoms with Crippen LogP contribution in [0.15, 0.2) is 22.7 Å². The van der Waals surface area contributed by atoms with Gasteiger partial charge in [0, 0.05) is 5.54 Å². The largest absolute Gasteiger partial charge is 0.481 e. The normalized spacial score (nSPS) is 11.8. The molecule has 0 amide bonds. The molecule has 0 radical (unpaired) electrons. The van der Waals surface area contributed by atoms with Crippen molar-refractivity contribution >= 4 is 29.1 Å². The lowest BCUT2D eigenvalue weighted by Crippen LogP contribution is -2.30. The fourth-order valence-electron chi connectivity index (χ4n) is 2.11. The van der Waals surface area contributed by atoms with Crippen molar-refractivity contribution in [3.05, 3.63) is 17.5 Å². The zero-order valence-corrected chi connectivity index (χ0v) is 14.0. The highest BCUT2D eigenvalue weighted by molar-refractivity contribution is 7.99. The first-order valence-electron chi connectivity index (χ1n) is 6.86. The maximum Gasteiger partial charge on any atom is 0.313 e. The molecule has 0 fully saturated rings. The van der Waals surface area contributed by atoms with E-state index in [1.165, 1.54) is 11.8 Å². The summed E-state index contributed by atoms with van der Waals surface area (Å²) in [6.07, 6.45) is 1.86. The fraction of sp³-hybridized carbons (Fsp3) is 0.500. The minimum absolute atomic E-state index is 0.00785. The van der Waals surface area contributed by atoms with Crippen LogP contribution in [-0.4, -0.2) is 31.6 Å². The Kier molecular flexibility index (Phi) is 5.05. The van der Waals surface area contributed by atoms with Gasteiger partial charge < -0.3 is 5.11 Å². The van der Waals surface area contributed by atoms with Gasteiger partial charge in [-0.2, -0.15) is 0 Å². The zero-order chi connectivity index (χ0) is 15.5.